The van der Waals surface area contributed by atoms with Crippen LogP contribution in [0.4, 0.5) is 0 Å². The second kappa shape index (κ2) is 5.70. The maximum absolute atomic E-state index is 12.6. The van der Waals surface area contributed by atoms with Gasteiger partial charge in [0.2, 0.25) is 5.91 Å². The molecule has 0 unspecified atom stereocenters. The smallest absolute Gasteiger partial charge is 0.252 e. The first-order valence-electron chi connectivity index (χ1n) is 7.40. The van der Waals surface area contributed by atoms with E-state index in [1.807, 2.05) is 17.9 Å². The summed E-state index contributed by atoms with van der Waals surface area (Å²) in [6.07, 6.45) is 2.84. The van der Waals surface area contributed by atoms with Gasteiger partial charge in [-0.1, -0.05) is 6.92 Å². The Bertz CT molecular complexity index is 626. The number of amides is 1. The third kappa shape index (κ3) is 3.00. The number of carbonyl (C=O) groups excluding carboxylic acids is 1. The van der Waals surface area contributed by atoms with Crippen LogP contribution in [0.3, 0.4) is 0 Å². The fourth-order valence-electron chi connectivity index (χ4n) is 2.55. The van der Waals surface area contributed by atoms with E-state index in [1.54, 1.807) is 6.07 Å². The van der Waals surface area contributed by atoms with Crippen molar-refractivity contribution in [1.29, 1.82) is 0 Å². The van der Waals surface area contributed by atoms with Crippen molar-refractivity contribution in [3.8, 4) is 0 Å². The first kappa shape index (κ1) is 15.0. The minimum Gasteiger partial charge on any atom is -0.340 e. The van der Waals surface area contributed by atoms with Crippen molar-refractivity contribution >= 4 is 27.3 Å². The van der Waals surface area contributed by atoms with Crippen molar-refractivity contribution in [2.24, 2.45) is 5.92 Å². The summed E-state index contributed by atoms with van der Waals surface area (Å²) < 4.78 is 27.1. The molecule has 7 heteroatoms. The van der Waals surface area contributed by atoms with Gasteiger partial charge in [0, 0.05) is 37.0 Å². The van der Waals surface area contributed by atoms with Crippen molar-refractivity contribution in [3.63, 3.8) is 0 Å². The Morgan fingerprint density at radius 3 is 2.43 bits per heavy atom. The molecule has 1 aliphatic carbocycles. The largest absolute Gasteiger partial charge is 0.340 e. The van der Waals surface area contributed by atoms with Gasteiger partial charge >= 0.3 is 0 Å². The fraction of sp³-hybridized carbons (Fsp3) is 0.643. The summed E-state index contributed by atoms with van der Waals surface area (Å²) in [5.74, 6) is 0.411. The predicted molar refractivity (Wildman–Crippen MR) is 81.8 cm³/mol. The second-order valence-corrected chi connectivity index (χ2v) is 8.91. The molecule has 1 amide bonds. The highest BCUT2D eigenvalue weighted by atomic mass is 32.2. The minimum atomic E-state index is -3.39. The summed E-state index contributed by atoms with van der Waals surface area (Å²) in [5, 5.41) is 0. The average molecular weight is 328 g/mol. The fourth-order valence-corrected chi connectivity index (χ4v) is 5.42. The highest BCUT2D eigenvalue weighted by molar-refractivity contribution is 7.91. The van der Waals surface area contributed by atoms with Gasteiger partial charge in [0.05, 0.1) is 0 Å². The van der Waals surface area contributed by atoms with Gasteiger partial charge < -0.3 is 4.90 Å². The summed E-state index contributed by atoms with van der Waals surface area (Å²) in [6.45, 7) is 3.85. The standard InChI is InChI=1S/C14H20N2O3S2/c1-2-12-5-6-13(20-12)21(18,19)16-9-7-15(8-10-16)14(17)11-3-4-11/h5-6,11H,2-4,7-10H2,1H3. The Morgan fingerprint density at radius 2 is 1.90 bits per heavy atom. The Balaban J connectivity index is 1.66. The number of hydrogen-bond donors (Lipinski definition) is 0. The van der Waals surface area contributed by atoms with Crippen LogP contribution in [-0.4, -0.2) is 49.7 Å². The summed E-state index contributed by atoms with van der Waals surface area (Å²) in [5.41, 5.74) is 0. The molecule has 1 saturated heterocycles. The molecule has 0 atom stereocenters. The molecule has 0 radical (unpaired) electrons. The van der Waals surface area contributed by atoms with E-state index >= 15 is 0 Å². The van der Waals surface area contributed by atoms with E-state index < -0.39 is 10.0 Å². The lowest BCUT2D eigenvalue weighted by Gasteiger charge is -2.33. The predicted octanol–water partition coefficient (Wildman–Crippen LogP) is 1.55. The molecule has 1 aromatic heterocycles. The number of piperazine rings is 1. The van der Waals surface area contributed by atoms with Gasteiger partial charge in [-0.25, -0.2) is 8.42 Å². The molecular weight excluding hydrogens is 308 g/mol. The van der Waals surface area contributed by atoms with Gasteiger partial charge in [-0.2, -0.15) is 4.31 Å². The van der Waals surface area contributed by atoms with E-state index in [-0.39, 0.29) is 11.8 Å². The van der Waals surface area contributed by atoms with Crippen LogP contribution in [0, 0.1) is 5.92 Å². The number of sulfonamides is 1. The van der Waals surface area contributed by atoms with Crippen LogP contribution in [0.2, 0.25) is 0 Å². The van der Waals surface area contributed by atoms with Crippen LogP contribution in [0.5, 0.6) is 0 Å². The monoisotopic (exact) mass is 328 g/mol. The average Bonchev–Trinajstić information content (AvgIpc) is 3.23. The number of carbonyl (C=O) groups is 1. The van der Waals surface area contributed by atoms with Gasteiger partial charge in [-0.05, 0) is 31.4 Å². The zero-order chi connectivity index (χ0) is 15.0. The molecule has 0 spiro atoms. The molecule has 0 N–H and O–H groups in total. The summed E-state index contributed by atoms with van der Waals surface area (Å²) in [7, 11) is -3.39. The number of thiophene rings is 1. The van der Waals surface area contributed by atoms with Crippen LogP contribution in [0.1, 0.15) is 24.6 Å². The van der Waals surface area contributed by atoms with Crippen LogP contribution in [-0.2, 0) is 21.2 Å². The van der Waals surface area contributed by atoms with Crippen molar-refractivity contribution in [1.82, 2.24) is 9.21 Å². The summed E-state index contributed by atoms with van der Waals surface area (Å²) >= 11 is 1.35. The molecular formula is C14H20N2O3S2. The Morgan fingerprint density at radius 1 is 1.24 bits per heavy atom. The first-order chi connectivity index (χ1) is 10.0. The summed E-state index contributed by atoms with van der Waals surface area (Å²) in [4.78, 5) is 14.9. The van der Waals surface area contributed by atoms with Crippen molar-refractivity contribution in [3.05, 3.63) is 17.0 Å². The van der Waals surface area contributed by atoms with Gasteiger partial charge in [-0.15, -0.1) is 11.3 Å². The molecule has 5 nitrogen and oxygen atoms in total. The molecule has 2 heterocycles. The number of rotatable bonds is 4. The third-order valence-corrected chi connectivity index (χ3v) is 7.65. The third-order valence-electron chi connectivity index (χ3n) is 4.06. The van der Waals surface area contributed by atoms with Crippen LogP contribution < -0.4 is 0 Å². The molecule has 3 rings (SSSR count). The maximum atomic E-state index is 12.6. The molecule has 116 valence electrons. The van der Waals surface area contributed by atoms with Crippen molar-refractivity contribution in [2.45, 2.75) is 30.4 Å². The molecule has 1 saturated carbocycles. The van der Waals surface area contributed by atoms with E-state index in [0.717, 1.165) is 24.1 Å². The van der Waals surface area contributed by atoms with Gasteiger partial charge in [0.15, 0.2) is 0 Å². The molecule has 2 fully saturated rings. The SMILES string of the molecule is CCc1ccc(S(=O)(=O)N2CCN(C(=O)C3CC3)CC2)s1. The van der Waals surface area contributed by atoms with Crippen molar-refractivity contribution < 1.29 is 13.2 Å². The van der Waals surface area contributed by atoms with Crippen LogP contribution in [0.15, 0.2) is 16.3 Å². The lowest BCUT2D eigenvalue weighted by atomic mass is 10.3. The quantitative estimate of drug-likeness (QED) is 0.843. The lowest BCUT2D eigenvalue weighted by molar-refractivity contribution is -0.133. The molecule has 21 heavy (non-hydrogen) atoms. The molecule has 1 aliphatic heterocycles. The van der Waals surface area contributed by atoms with E-state index in [4.69, 9.17) is 0 Å². The highest BCUT2D eigenvalue weighted by Gasteiger charge is 2.36. The number of nitrogens with zero attached hydrogens (tertiary/aromatic N) is 2. The maximum Gasteiger partial charge on any atom is 0.252 e. The highest BCUT2D eigenvalue weighted by Crippen LogP contribution is 2.32. The number of aryl methyl sites for hydroxylation is 1. The number of hydrogen-bond acceptors (Lipinski definition) is 4. The molecule has 1 aromatic rings. The Kier molecular flexibility index (Phi) is 4.07. The minimum absolute atomic E-state index is 0.205. The normalized spacial score (nSPS) is 20.7. The van der Waals surface area contributed by atoms with Crippen molar-refractivity contribution in [2.75, 3.05) is 26.2 Å². The zero-order valence-corrected chi connectivity index (χ0v) is 13.8. The van der Waals surface area contributed by atoms with Crippen LogP contribution >= 0.6 is 11.3 Å². The van der Waals surface area contributed by atoms with Gasteiger partial charge in [-0.3, -0.25) is 4.79 Å². The van der Waals surface area contributed by atoms with Gasteiger partial charge in [0.25, 0.3) is 10.0 Å². The summed E-state index contributed by atoms with van der Waals surface area (Å²) in [6, 6.07) is 3.57. The zero-order valence-electron chi connectivity index (χ0n) is 12.1. The van der Waals surface area contributed by atoms with E-state index in [2.05, 4.69) is 0 Å². The lowest BCUT2D eigenvalue weighted by Crippen LogP contribution is -2.50. The molecule has 0 bridgehead atoms. The Hall–Kier alpha value is -0.920. The van der Waals surface area contributed by atoms with Crippen LogP contribution in [0.25, 0.3) is 0 Å². The van der Waals surface area contributed by atoms with E-state index in [9.17, 15) is 13.2 Å². The molecule has 0 aromatic carbocycles. The Labute approximate surface area is 129 Å². The van der Waals surface area contributed by atoms with E-state index in [0.29, 0.717) is 30.4 Å². The van der Waals surface area contributed by atoms with Gasteiger partial charge in [0.1, 0.15) is 4.21 Å². The first-order valence-corrected chi connectivity index (χ1v) is 9.65. The van der Waals surface area contributed by atoms with E-state index in [1.165, 1.54) is 15.6 Å². The molecule has 2 aliphatic rings. The topological polar surface area (TPSA) is 57.7 Å². The second-order valence-electron chi connectivity index (χ2n) is 5.58.